The number of rotatable bonds is 7. The summed E-state index contributed by atoms with van der Waals surface area (Å²) >= 11 is 0. The quantitative estimate of drug-likeness (QED) is 0.665. The zero-order chi connectivity index (χ0) is 21.9. The summed E-state index contributed by atoms with van der Waals surface area (Å²) in [6.07, 6.45) is 0. The molecule has 0 saturated heterocycles. The van der Waals surface area contributed by atoms with Crippen molar-refractivity contribution in [2.45, 2.75) is 18.4 Å². The molecular weight excluding hydrogens is 408 g/mol. The number of para-hydroxylation sites is 1. The van der Waals surface area contributed by atoms with E-state index in [0.717, 1.165) is 9.87 Å². The Hall–Kier alpha value is -2.78. The predicted octanol–water partition coefficient (Wildman–Crippen LogP) is 2.38. The molecule has 0 saturated carbocycles. The Balaban J connectivity index is 1.93. The van der Waals surface area contributed by atoms with Crippen LogP contribution in [-0.2, 0) is 16.6 Å². The Morgan fingerprint density at radius 1 is 1.13 bits per heavy atom. The third-order valence-corrected chi connectivity index (χ3v) is 6.68. The number of carbonyl (C=O) groups excluding carboxylic acids is 1. The molecule has 0 radical (unpaired) electrons. The molecule has 3 rings (SSSR count). The normalized spacial score (nSPS) is 13.2. The molecule has 0 fully saturated rings. The fraction of sp³-hybridized carbons (Fsp3) is 0.381. The van der Waals surface area contributed by atoms with E-state index >= 15 is 0 Å². The van der Waals surface area contributed by atoms with Gasteiger partial charge in [0.15, 0.2) is 11.5 Å². The van der Waals surface area contributed by atoms with Crippen LogP contribution < -0.4 is 14.2 Å². The number of methoxy groups -OCH3 is 1. The molecule has 1 amide bonds. The molecule has 162 valence electrons. The molecule has 0 aliphatic carbocycles. The van der Waals surface area contributed by atoms with E-state index in [2.05, 4.69) is 0 Å². The zero-order valence-electron chi connectivity index (χ0n) is 17.5. The summed E-state index contributed by atoms with van der Waals surface area (Å²) in [5, 5.41) is 0. The van der Waals surface area contributed by atoms with Gasteiger partial charge in [-0.15, -0.1) is 0 Å². The summed E-state index contributed by atoms with van der Waals surface area (Å²) < 4.78 is 43.0. The lowest BCUT2D eigenvalue weighted by atomic mass is 10.1. The Morgan fingerprint density at radius 2 is 1.87 bits per heavy atom. The number of nitrogens with zero attached hydrogens (tertiary/aromatic N) is 2. The smallest absolute Gasteiger partial charge is 0.254 e. The highest BCUT2D eigenvalue weighted by Crippen LogP contribution is 2.34. The van der Waals surface area contributed by atoms with Gasteiger partial charge in [-0.05, 0) is 31.2 Å². The van der Waals surface area contributed by atoms with E-state index in [1.807, 2.05) is 25.1 Å². The van der Waals surface area contributed by atoms with Crippen molar-refractivity contribution in [2.75, 3.05) is 41.0 Å². The monoisotopic (exact) mass is 434 g/mol. The highest BCUT2D eigenvalue weighted by atomic mass is 32.2. The van der Waals surface area contributed by atoms with Crippen molar-refractivity contribution in [3.05, 3.63) is 47.5 Å². The van der Waals surface area contributed by atoms with Crippen LogP contribution in [0.4, 0.5) is 0 Å². The fourth-order valence-corrected chi connectivity index (χ4v) is 4.26. The van der Waals surface area contributed by atoms with E-state index in [0.29, 0.717) is 37.8 Å². The molecule has 1 aliphatic rings. The number of carbonyl (C=O) groups is 1. The molecule has 0 N–H and O–H groups in total. The van der Waals surface area contributed by atoms with Crippen molar-refractivity contribution >= 4 is 15.9 Å². The van der Waals surface area contributed by atoms with Crippen LogP contribution in [0.3, 0.4) is 0 Å². The number of hydrogen-bond acceptors (Lipinski definition) is 6. The number of hydrogen-bond donors (Lipinski definition) is 0. The first-order chi connectivity index (χ1) is 14.3. The summed E-state index contributed by atoms with van der Waals surface area (Å²) in [6.45, 7) is 3.55. The minimum Gasteiger partial charge on any atom is -0.495 e. The summed E-state index contributed by atoms with van der Waals surface area (Å²) in [7, 11) is 0.481. The van der Waals surface area contributed by atoms with Crippen molar-refractivity contribution in [3.63, 3.8) is 0 Å². The van der Waals surface area contributed by atoms with Crippen LogP contribution in [0.5, 0.6) is 17.2 Å². The van der Waals surface area contributed by atoms with Gasteiger partial charge in [0, 0.05) is 38.3 Å². The van der Waals surface area contributed by atoms with Crippen molar-refractivity contribution in [1.29, 1.82) is 0 Å². The van der Waals surface area contributed by atoms with Crippen LogP contribution in [0.2, 0.25) is 0 Å². The third kappa shape index (κ3) is 4.22. The maximum atomic E-state index is 13.2. The van der Waals surface area contributed by atoms with Gasteiger partial charge in [0.1, 0.15) is 23.9 Å². The highest BCUT2D eigenvalue weighted by Gasteiger charge is 2.26. The maximum Gasteiger partial charge on any atom is 0.254 e. The van der Waals surface area contributed by atoms with Gasteiger partial charge in [-0.3, -0.25) is 4.79 Å². The number of fused-ring (bicyclic) bond motifs is 1. The van der Waals surface area contributed by atoms with Gasteiger partial charge in [0.05, 0.1) is 7.11 Å². The lowest BCUT2D eigenvalue weighted by molar-refractivity contribution is 0.0749. The molecule has 0 spiro atoms. The van der Waals surface area contributed by atoms with Crippen LogP contribution in [0.25, 0.3) is 0 Å². The first-order valence-corrected chi connectivity index (χ1v) is 11.0. The number of benzene rings is 2. The Morgan fingerprint density at radius 3 is 2.53 bits per heavy atom. The summed E-state index contributed by atoms with van der Waals surface area (Å²) in [5.74, 6) is 1.20. The van der Waals surface area contributed by atoms with E-state index < -0.39 is 10.0 Å². The summed E-state index contributed by atoms with van der Waals surface area (Å²) in [6, 6.07) is 10.0. The van der Waals surface area contributed by atoms with Crippen molar-refractivity contribution in [3.8, 4) is 17.2 Å². The van der Waals surface area contributed by atoms with Crippen LogP contribution in [0.15, 0.2) is 41.3 Å². The van der Waals surface area contributed by atoms with Crippen LogP contribution in [-0.4, -0.2) is 64.5 Å². The molecule has 2 aromatic rings. The second-order valence-electron chi connectivity index (χ2n) is 6.91. The van der Waals surface area contributed by atoms with E-state index in [-0.39, 0.29) is 22.1 Å². The first kappa shape index (κ1) is 21.9. The van der Waals surface area contributed by atoms with Gasteiger partial charge in [-0.1, -0.05) is 12.1 Å². The summed E-state index contributed by atoms with van der Waals surface area (Å²) in [5.41, 5.74) is 1.09. The van der Waals surface area contributed by atoms with Gasteiger partial charge in [-0.2, -0.15) is 0 Å². The van der Waals surface area contributed by atoms with Crippen molar-refractivity contribution in [2.24, 2.45) is 0 Å². The molecule has 1 aliphatic heterocycles. The Kier molecular flexibility index (Phi) is 6.52. The van der Waals surface area contributed by atoms with Gasteiger partial charge in [0.25, 0.3) is 5.91 Å². The molecule has 1 heterocycles. The molecule has 0 atom stereocenters. The van der Waals surface area contributed by atoms with Crippen LogP contribution in [0, 0.1) is 0 Å². The van der Waals surface area contributed by atoms with E-state index in [1.165, 1.54) is 33.3 Å². The van der Waals surface area contributed by atoms with Crippen molar-refractivity contribution in [1.82, 2.24) is 9.21 Å². The SMILES string of the molecule is CCN(Cc1cccc2c1OCCO2)C(=O)c1ccc(OC)c(S(=O)(=O)N(C)C)c1. The summed E-state index contributed by atoms with van der Waals surface area (Å²) in [4.78, 5) is 14.8. The zero-order valence-corrected chi connectivity index (χ0v) is 18.4. The molecule has 2 aromatic carbocycles. The topological polar surface area (TPSA) is 85.4 Å². The van der Waals surface area contributed by atoms with Gasteiger partial charge in [-0.25, -0.2) is 12.7 Å². The van der Waals surface area contributed by atoms with E-state index in [4.69, 9.17) is 14.2 Å². The van der Waals surface area contributed by atoms with E-state index in [1.54, 1.807) is 11.0 Å². The lowest BCUT2D eigenvalue weighted by Gasteiger charge is -2.25. The highest BCUT2D eigenvalue weighted by molar-refractivity contribution is 7.89. The predicted molar refractivity (Wildman–Crippen MR) is 112 cm³/mol. The first-order valence-electron chi connectivity index (χ1n) is 9.57. The molecule has 0 aromatic heterocycles. The molecule has 9 heteroatoms. The minimum absolute atomic E-state index is 0.0503. The third-order valence-electron chi connectivity index (χ3n) is 4.85. The second kappa shape index (κ2) is 8.93. The average Bonchev–Trinajstić information content (AvgIpc) is 2.76. The molecule has 0 bridgehead atoms. The molecule has 8 nitrogen and oxygen atoms in total. The van der Waals surface area contributed by atoms with Crippen molar-refractivity contribution < 1.29 is 27.4 Å². The van der Waals surface area contributed by atoms with Crippen LogP contribution >= 0.6 is 0 Å². The van der Waals surface area contributed by atoms with Gasteiger partial charge in [0.2, 0.25) is 10.0 Å². The molecular formula is C21H26N2O6S. The maximum absolute atomic E-state index is 13.2. The second-order valence-corrected chi connectivity index (χ2v) is 9.03. The van der Waals surface area contributed by atoms with Gasteiger partial charge >= 0.3 is 0 Å². The fourth-order valence-electron chi connectivity index (χ4n) is 3.18. The minimum atomic E-state index is -3.78. The molecule has 0 unspecified atom stereocenters. The number of amides is 1. The Labute approximate surface area is 177 Å². The molecule has 30 heavy (non-hydrogen) atoms. The van der Waals surface area contributed by atoms with E-state index in [9.17, 15) is 13.2 Å². The number of ether oxygens (including phenoxy) is 3. The largest absolute Gasteiger partial charge is 0.495 e. The lowest BCUT2D eigenvalue weighted by Crippen LogP contribution is -2.31. The average molecular weight is 435 g/mol. The Bertz CT molecular complexity index is 1040. The number of sulfonamides is 1. The standard InChI is InChI=1S/C21H26N2O6S/c1-5-23(14-16-7-6-8-18-20(16)29-12-11-28-18)21(24)15-9-10-17(27-4)19(13-15)30(25,26)22(2)3/h6-10,13H,5,11-12,14H2,1-4H3. The van der Waals surface area contributed by atoms with Crippen LogP contribution in [0.1, 0.15) is 22.8 Å². The van der Waals surface area contributed by atoms with Gasteiger partial charge < -0.3 is 19.1 Å².